The highest BCUT2D eigenvalue weighted by molar-refractivity contribution is 14.1. The van der Waals surface area contributed by atoms with Crippen molar-refractivity contribution in [3.8, 4) is 0 Å². The van der Waals surface area contributed by atoms with Gasteiger partial charge in [0.2, 0.25) is 0 Å². The summed E-state index contributed by atoms with van der Waals surface area (Å²) in [6, 6.07) is 0. The van der Waals surface area contributed by atoms with Gasteiger partial charge in [0.15, 0.2) is 21.5 Å². The van der Waals surface area contributed by atoms with Crippen LogP contribution in [-0.4, -0.2) is 61.8 Å². The van der Waals surface area contributed by atoms with Gasteiger partial charge in [-0.3, -0.25) is 4.57 Å². The van der Waals surface area contributed by atoms with E-state index in [0.717, 1.165) is 0 Å². The highest BCUT2D eigenvalue weighted by Gasteiger charge is 2.45. The molecule has 2 aromatic rings. The van der Waals surface area contributed by atoms with Crippen LogP contribution in [0.25, 0.3) is 11.2 Å². The average molecular weight is 407 g/mol. The Morgan fingerprint density at radius 3 is 2.90 bits per heavy atom. The van der Waals surface area contributed by atoms with Crippen molar-refractivity contribution in [2.75, 3.05) is 19.5 Å². The second kappa shape index (κ2) is 5.61. The summed E-state index contributed by atoms with van der Waals surface area (Å²) in [6.45, 7) is -0.257. The van der Waals surface area contributed by atoms with Gasteiger partial charge in [-0.25, -0.2) is 15.0 Å². The van der Waals surface area contributed by atoms with E-state index in [2.05, 4.69) is 15.0 Å². The summed E-state index contributed by atoms with van der Waals surface area (Å²) in [5.41, 5.74) is 6.71. The number of methoxy groups -OCH3 is 1. The van der Waals surface area contributed by atoms with Crippen LogP contribution in [0.5, 0.6) is 0 Å². The van der Waals surface area contributed by atoms with Crippen LogP contribution in [0.4, 0.5) is 5.82 Å². The Balaban J connectivity index is 2.05. The van der Waals surface area contributed by atoms with E-state index in [0.29, 0.717) is 15.0 Å². The fraction of sp³-hybridized carbons (Fsp3) is 0.545. The van der Waals surface area contributed by atoms with Crippen LogP contribution in [0.2, 0.25) is 0 Å². The molecule has 1 saturated heterocycles. The molecule has 9 nitrogen and oxygen atoms in total. The zero-order chi connectivity index (χ0) is 15.1. The van der Waals surface area contributed by atoms with Gasteiger partial charge >= 0.3 is 0 Å². The Morgan fingerprint density at radius 2 is 2.29 bits per heavy atom. The SMILES string of the molecule is COC1C(O)[C@H](n2cnc3c(N)nc(I)nc32)O[C@@H]1CO. The second-order valence-electron chi connectivity index (χ2n) is 4.64. The Bertz CT molecular complexity index is 665. The molecule has 1 aliphatic rings. The number of fused-ring (bicyclic) bond motifs is 1. The standard InChI is InChI=1S/C11H14IN5O4/c1-20-7-4(2-18)21-10(6(7)19)17-3-14-5-8(13)15-11(12)16-9(5)17/h3-4,6-7,10,18-19H,2H2,1H3,(H2,13,15,16)/t4-,6?,7?,10-/m1/s1. The van der Waals surface area contributed by atoms with Crippen LogP contribution >= 0.6 is 22.6 Å². The lowest BCUT2D eigenvalue weighted by molar-refractivity contribution is -0.0536. The number of anilines is 1. The lowest BCUT2D eigenvalue weighted by Crippen LogP contribution is -2.35. The number of hydrogen-bond donors (Lipinski definition) is 3. The van der Waals surface area contributed by atoms with E-state index in [9.17, 15) is 10.2 Å². The molecular formula is C11H14IN5O4. The molecule has 0 aromatic carbocycles. The molecule has 114 valence electrons. The molecule has 3 rings (SSSR count). The first-order valence-electron chi connectivity index (χ1n) is 6.19. The number of halogens is 1. The first-order chi connectivity index (χ1) is 10.1. The maximum atomic E-state index is 10.3. The Hall–Kier alpha value is -1.08. The molecule has 2 aromatic heterocycles. The van der Waals surface area contributed by atoms with Crippen LogP contribution < -0.4 is 5.73 Å². The fourth-order valence-corrected chi connectivity index (χ4v) is 2.97. The summed E-state index contributed by atoms with van der Waals surface area (Å²) < 4.78 is 12.9. The van der Waals surface area contributed by atoms with Crippen LogP contribution in [0.3, 0.4) is 0 Å². The van der Waals surface area contributed by atoms with E-state index in [4.69, 9.17) is 15.2 Å². The van der Waals surface area contributed by atoms with E-state index >= 15 is 0 Å². The minimum Gasteiger partial charge on any atom is -0.394 e. The third-order valence-electron chi connectivity index (χ3n) is 3.46. The van der Waals surface area contributed by atoms with Crippen LogP contribution in [0.1, 0.15) is 6.23 Å². The van der Waals surface area contributed by atoms with Crippen molar-refractivity contribution in [2.24, 2.45) is 0 Å². The van der Waals surface area contributed by atoms with Gasteiger partial charge in [-0.05, 0) is 0 Å². The number of ether oxygens (including phenoxy) is 2. The van der Waals surface area contributed by atoms with E-state index in [1.54, 1.807) is 4.57 Å². The summed E-state index contributed by atoms with van der Waals surface area (Å²) in [6.07, 6.45) is -1.49. The molecule has 10 heteroatoms. The molecule has 0 radical (unpaired) electrons. The number of nitrogens with two attached hydrogens (primary N) is 1. The molecule has 1 fully saturated rings. The summed E-state index contributed by atoms with van der Waals surface area (Å²) in [5, 5.41) is 19.6. The smallest absolute Gasteiger partial charge is 0.194 e. The molecule has 0 bridgehead atoms. The van der Waals surface area contributed by atoms with Crippen molar-refractivity contribution in [2.45, 2.75) is 24.5 Å². The maximum absolute atomic E-state index is 10.3. The van der Waals surface area contributed by atoms with E-state index < -0.39 is 24.5 Å². The second-order valence-corrected chi connectivity index (χ2v) is 5.61. The number of hydrogen-bond acceptors (Lipinski definition) is 8. The number of rotatable bonds is 3. The highest BCUT2D eigenvalue weighted by Crippen LogP contribution is 2.33. The summed E-state index contributed by atoms with van der Waals surface area (Å²) >= 11 is 1.95. The summed E-state index contributed by atoms with van der Waals surface area (Å²) in [7, 11) is 1.46. The molecule has 4 N–H and O–H groups in total. The Labute approximate surface area is 133 Å². The molecule has 3 heterocycles. The van der Waals surface area contributed by atoms with Crippen molar-refractivity contribution in [1.82, 2.24) is 19.5 Å². The van der Waals surface area contributed by atoms with Crippen LogP contribution in [-0.2, 0) is 9.47 Å². The number of nitrogens with zero attached hydrogens (tertiary/aromatic N) is 4. The maximum Gasteiger partial charge on any atom is 0.194 e. The molecule has 4 atom stereocenters. The largest absolute Gasteiger partial charge is 0.394 e. The number of aliphatic hydroxyl groups is 2. The van der Waals surface area contributed by atoms with Crippen molar-refractivity contribution in [3.63, 3.8) is 0 Å². The van der Waals surface area contributed by atoms with Gasteiger partial charge in [0.05, 0.1) is 12.9 Å². The van der Waals surface area contributed by atoms with Crippen LogP contribution in [0.15, 0.2) is 6.33 Å². The van der Waals surface area contributed by atoms with Gasteiger partial charge in [0.25, 0.3) is 0 Å². The minimum atomic E-state index is -0.960. The van der Waals surface area contributed by atoms with Crippen molar-refractivity contribution in [1.29, 1.82) is 0 Å². The van der Waals surface area contributed by atoms with Gasteiger partial charge in [-0.2, -0.15) is 0 Å². The number of aromatic nitrogens is 4. The van der Waals surface area contributed by atoms with Gasteiger partial charge < -0.3 is 25.4 Å². The zero-order valence-electron chi connectivity index (χ0n) is 11.0. The van der Waals surface area contributed by atoms with Crippen molar-refractivity contribution < 1.29 is 19.7 Å². The topological polar surface area (TPSA) is 129 Å². The third kappa shape index (κ3) is 2.36. The fourth-order valence-electron chi connectivity index (χ4n) is 2.48. The normalized spacial score (nSPS) is 29.3. The predicted molar refractivity (Wildman–Crippen MR) is 80.3 cm³/mol. The highest BCUT2D eigenvalue weighted by atomic mass is 127. The average Bonchev–Trinajstić information content (AvgIpc) is 2.99. The quantitative estimate of drug-likeness (QED) is 0.449. The lowest BCUT2D eigenvalue weighted by Gasteiger charge is -2.17. The molecule has 0 amide bonds. The monoisotopic (exact) mass is 407 g/mol. The van der Waals surface area contributed by atoms with E-state index in [1.165, 1.54) is 13.4 Å². The molecule has 0 spiro atoms. The van der Waals surface area contributed by atoms with Crippen LogP contribution in [0, 0.1) is 3.83 Å². The van der Waals surface area contributed by atoms with Gasteiger partial charge in [0, 0.05) is 29.7 Å². The molecule has 1 aliphatic heterocycles. The Morgan fingerprint density at radius 1 is 1.52 bits per heavy atom. The van der Waals surface area contributed by atoms with E-state index in [1.807, 2.05) is 22.6 Å². The first kappa shape index (κ1) is 14.8. The predicted octanol–water partition coefficient (Wildman–Crippen LogP) is -0.721. The molecular weight excluding hydrogens is 393 g/mol. The first-order valence-corrected chi connectivity index (χ1v) is 7.27. The van der Waals surface area contributed by atoms with E-state index in [-0.39, 0.29) is 12.4 Å². The molecule has 2 unspecified atom stereocenters. The summed E-state index contributed by atoms with van der Waals surface area (Å²) in [4.78, 5) is 12.5. The minimum absolute atomic E-state index is 0.257. The van der Waals surface area contributed by atoms with Gasteiger partial charge in [-0.15, -0.1) is 0 Å². The third-order valence-corrected chi connectivity index (χ3v) is 3.94. The number of aliphatic hydroxyl groups excluding tert-OH is 2. The van der Waals surface area contributed by atoms with Gasteiger partial charge in [0.1, 0.15) is 23.8 Å². The lowest BCUT2D eigenvalue weighted by atomic mass is 10.1. The van der Waals surface area contributed by atoms with Gasteiger partial charge in [-0.1, -0.05) is 0 Å². The molecule has 0 aliphatic carbocycles. The number of imidazole rings is 1. The Kier molecular flexibility index (Phi) is 3.96. The summed E-state index contributed by atoms with van der Waals surface area (Å²) in [5.74, 6) is 0.262. The zero-order valence-corrected chi connectivity index (χ0v) is 13.2. The molecule has 21 heavy (non-hydrogen) atoms. The van der Waals surface area contributed by atoms with Crippen molar-refractivity contribution >= 4 is 39.6 Å². The van der Waals surface area contributed by atoms with Crippen molar-refractivity contribution in [3.05, 3.63) is 10.2 Å². The number of nitrogen functional groups attached to an aromatic ring is 1. The molecule has 0 saturated carbocycles.